The molecule has 1 fully saturated rings. The highest BCUT2D eigenvalue weighted by molar-refractivity contribution is 5.98. The molecule has 0 aliphatic carbocycles. The van der Waals surface area contributed by atoms with Crippen LogP contribution in [0.4, 0.5) is 11.4 Å². The van der Waals surface area contributed by atoms with Crippen molar-refractivity contribution in [2.45, 2.75) is 19.3 Å². The van der Waals surface area contributed by atoms with Gasteiger partial charge in [-0.15, -0.1) is 0 Å². The molecule has 0 bridgehead atoms. The van der Waals surface area contributed by atoms with E-state index < -0.39 is 0 Å². The third kappa shape index (κ3) is 5.79. The average molecular weight is 437 g/mol. The van der Waals surface area contributed by atoms with E-state index >= 15 is 0 Å². The van der Waals surface area contributed by atoms with Gasteiger partial charge in [-0.1, -0.05) is 30.3 Å². The van der Waals surface area contributed by atoms with Crippen LogP contribution < -0.4 is 19.9 Å². The monoisotopic (exact) mass is 436 g/mol. The van der Waals surface area contributed by atoms with Gasteiger partial charge < -0.3 is 19.9 Å². The van der Waals surface area contributed by atoms with Crippen LogP contribution in [0.5, 0.6) is 5.75 Å². The van der Waals surface area contributed by atoms with E-state index in [0.29, 0.717) is 25.3 Å². The molecule has 1 N–H and O–H groups in total. The molecule has 2 aromatic rings. The van der Waals surface area contributed by atoms with Crippen molar-refractivity contribution in [3.63, 3.8) is 0 Å². The number of nitrogens with zero attached hydrogens (tertiary/aromatic N) is 3. The topological polar surface area (TPSA) is 65.1 Å². The minimum atomic E-state index is -0.108. The molecule has 1 saturated heterocycles. The van der Waals surface area contributed by atoms with Crippen LogP contribution in [0.1, 0.15) is 19.3 Å². The van der Waals surface area contributed by atoms with Crippen molar-refractivity contribution < 1.29 is 14.3 Å². The number of hydrogen-bond donors (Lipinski definition) is 1. The van der Waals surface area contributed by atoms with Gasteiger partial charge in [0.15, 0.2) is 6.61 Å². The van der Waals surface area contributed by atoms with Gasteiger partial charge in [-0.25, -0.2) is 0 Å². The van der Waals surface area contributed by atoms with Gasteiger partial charge in [-0.3, -0.25) is 14.5 Å². The highest BCUT2D eigenvalue weighted by Crippen LogP contribution is 2.31. The summed E-state index contributed by atoms with van der Waals surface area (Å²) in [7, 11) is 0. The molecule has 32 heavy (non-hydrogen) atoms. The van der Waals surface area contributed by atoms with Crippen LogP contribution in [0.2, 0.25) is 0 Å². The number of fused-ring (bicyclic) bond motifs is 1. The molecule has 0 spiro atoms. The predicted octanol–water partition coefficient (Wildman–Crippen LogP) is 2.52. The van der Waals surface area contributed by atoms with E-state index in [-0.39, 0.29) is 18.4 Å². The van der Waals surface area contributed by atoms with Crippen LogP contribution in [0.15, 0.2) is 54.6 Å². The van der Waals surface area contributed by atoms with Crippen LogP contribution >= 0.6 is 0 Å². The number of rotatable bonds is 9. The van der Waals surface area contributed by atoms with Crippen LogP contribution in [0.3, 0.4) is 0 Å². The molecule has 170 valence electrons. The third-order valence-electron chi connectivity index (χ3n) is 6.09. The van der Waals surface area contributed by atoms with Gasteiger partial charge >= 0.3 is 0 Å². The highest BCUT2D eigenvalue weighted by Gasteiger charge is 2.25. The number of para-hydroxylation sites is 3. The summed E-state index contributed by atoms with van der Waals surface area (Å²) in [4.78, 5) is 31.0. The summed E-state index contributed by atoms with van der Waals surface area (Å²) in [6, 6.07) is 18.0. The second kappa shape index (κ2) is 11.0. The van der Waals surface area contributed by atoms with Gasteiger partial charge in [0.2, 0.25) is 5.91 Å². The van der Waals surface area contributed by atoms with E-state index in [1.807, 2.05) is 24.3 Å². The number of anilines is 2. The fourth-order valence-corrected chi connectivity index (χ4v) is 4.26. The summed E-state index contributed by atoms with van der Waals surface area (Å²) < 4.78 is 5.44. The average Bonchev–Trinajstić information content (AvgIpc) is 2.84. The van der Waals surface area contributed by atoms with Gasteiger partial charge in [0.1, 0.15) is 5.75 Å². The molecule has 2 heterocycles. The van der Waals surface area contributed by atoms with Crippen molar-refractivity contribution >= 4 is 23.2 Å². The van der Waals surface area contributed by atoms with Crippen molar-refractivity contribution in [1.82, 2.24) is 10.2 Å². The Morgan fingerprint density at radius 3 is 2.47 bits per heavy atom. The third-order valence-corrected chi connectivity index (χ3v) is 6.09. The maximum absolute atomic E-state index is 12.2. The molecule has 0 radical (unpaired) electrons. The van der Waals surface area contributed by atoms with Crippen LogP contribution in [0, 0.1) is 0 Å². The molecule has 0 aromatic heterocycles. The molecule has 4 rings (SSSR count). The second-order valence-electron chi connectivity index (χ2n) is 8.27. The number of nitrogens with one attached hydrogen (secondary N) is 1. The Labute approximate surface area is 189 Å². The summed E-state index contributed by atoms with van der Waals surface area (Å²) in [5.74, 6) is 0.569. The Hall–Kier alpha value is -3.06. The number of carbonyl (C=O) groups excluding carboxylic acids is 2. The maximum Gasteiger partial charge on any atom is 0.265 e. The van der Waals surface area contributed by atoms with Crippen molar-refractivity contribution in [3.05, 3.63) is 54.6 Å². The van der Waals surface area contributed by atoms with E-state index in [1.54, 1.807) is 4.90 Å². The molecule has 7 nitrogen and oxygen atoms in total. The van der Waals surface area contributed by atoms with E-state index in [4.69, 9.17) is 4.74 Å². The SMILES string of the molecule is O=C(CCN1C(=O)COc2ccccc21)NCCCCN1CCN(c2ccccc2)CC1. The van der Waals surface area contributed by atoms with Crippen molar-refractivity contribution in [2.24, 2.45) is 0 Å². The lowest BCUT2D eigenvalue weighted by Crippen LogP contribution is -2.46. The molecule has 2 aliphatic heterocycles. The first-order chi connectivity index (χ1) is 15.7. The van der Waals surface area contributed by atoms with Crippen LogP contribution in [-0.2, 0) is 9.59 Å². The maximum atomic E-state index is 12.2. The van der Waals surface area contributed by atoms with Gasteiger partial charge in [0.25, 0.3) is 5.91 Å². The zero-order valence-corrected chi connectivity index (χ0v) is 18.5. The lowest BCUT2D eigenvalue weighted by atomic mass is 10.2. The summed E-state index contributed by atoms with van der Waals surface area (Å²) >= 11 is 0. The first-order valence-electron chi connectivity index (χ1n) is 11.5. The normalized spacial score (nSPS) is 16.4. The molecule has 7 heteroatoms. The minimum absolute atomic E-state index is 0.0155. The second-order valence-corrected chi connectivity index (χ2v) is 8.27. The Balaban J connectivity index is 1.09. The molecular formula is C25H32N4O3. The fourth-order valence-electron chi connectivity index (χ4n) is 4.26. The molecule has 2 aliphatic rings. The summed E-state index contributed by atoms with van der Waals surface area (Å²) in [6.07, 6.45) is 2.33. The van der Waals surface area contributed by atoms with E-state index in [9.17, 15) is 9.59 Å². The summed E-state index contributed by atoms with van der Waals surface area (Å²) in [5.41, 5.74) is 2.04. The molecule has 0 saturated carbocycles. The van der Waals surface area contributed by atoms with Crippen LogP contribution in [-0.4, -0.2) is 69.1 Å². The molecule has 2 amide bonds. The highest BCUT2D eigenvalue weighted by atomic mass is 16.5. The number of amides is 2. The molecular weight excluding hydrogens is 404 g/mol. The van der Waals surface area contributed by atoms with Crippen LogP contribution in [0.25, 0.3) is 0 Å². The van der Waals surface area contributed by atoms with Gasteiger partial charge in [0.05, 0.1) is 5.69 Å². The smallest absolute Gasteiger partial charge is 0.265 e. The molecule has 0 unspecified atom stereocenters. The van der Waals surface area contributed by atoms with Crippen molar-refractivity contribution in [1.29, 1.82) is 0 Å². The first-order valence-corrected chi connectivity index (χ1v) is 11.5. The van der Waals surface area contributed by atoms with E-state index in [1.165, 1.54) is 5.69 Å². The van der Waals surface area contributed by atoms with Gasteiger partial charge in [0, 0.05) is 51.4 Å². The van der Waals surface area contributed by atoms with E-state index in [0.717, 1.165) is 51.3 Å². The fraction of sp³-hybridized carbons (Fsp3) is 0.440. The largest absolute Gasteiger partial charge is 0.482 e. The quantitative estimate of drug-likeness (QED) is 0.612. The number of carbonyl (C=O) groups is 2. The lowest BCUT2D eigenvalue weighted by molar-refractivity contribution is -0.122. The van der Waals surface area contributed by atoms with E-state index in [2.05, 4.69) is 45.4 Å². The molecule has 2 aromatic carbocycles. The lowest BCUT2D eigenvalue weighted by Gasteiger charge is -2.36. The number of ether oxygens (including phenoxy) is 1. The Morgan fingerprint density at radius 2 is 1.66 bits per heavy atom. The number of benzene rings is 2. The predicted molar refractivity (Wildman–Crippen MR) is 126 cm³/mol. The summed E-state index contributed by atoms with van der Waals surface area (Å²) in [5, 5.41) is 2.99. The zero-order valence-electron chi connectivity index (χ0n) is 18.5. The Morgan fingerprint density at radius 1 is 0.906 bits per heavy atom. The number of hydrogen-bond acceptors (Lipinski definition) is 5. The number of unbranched alkanes of at least 4 members (excludes halogenated alkanes) is 1. The Bertz CT molecular complexity index is 897. The Kier molecular flexibility index (Phi) is 7.61. The zero-order chi connectivity index (χ0) is 22.2. The van der Waals surface area contributed by atoms with Crippen molar-refractivity contribution in [2.75, 3.05) is 62.2 Å². The molecule has 0 atom stereocenters. The standard InChI is InChI=1S/C25H32N4O3/c30-24(12-15-29-22-10-4-5-11-23(22)32-20-25(29)31)26-13-6-7-14-27-16-18-28(19-17-27)21-8-2-1-3-9-21/h1-5,8-11H,6-7,12-20H2,(H,26,30). The minimum Gasteiger partial charge on any atom is -0.482 e. The summed E-state index contributed by atoms with van der Waals surface area (Å²) in [6.45, 7) is 6.42. The first kappa shape index (κ1) is 22.1. The number of piperazine rings is 1. The van der Waals surface area contributed by atoms with Gasteiger partial charge in [-0.2, -0.15) is 0 Å². The van der Waals surface area contributed by atoms with Gasteiger partial charge in [-0.05, 0) is 43.7 Å². The van der Waals surface area contributed by atoms with Crippen molar-refractivity contribution in [3.8, 4) is 5.75 Å².